The highest BCUT2D eigenvalue weighted by Gasteiger charge is 2.20. The molecule has 2 heteroatoms. The maximum absolute atomic E-state index is 8.99. The lowest BCUT2D eigenvalue weighted by Gasteiger charge is -2.18. The van der Waals surface area contributed by atoms with Crippen LogP contribution in [-0.4, -0.2) is 5.54 Å². The normalized spacial score (nSPS) is 13.9. The highest BCUT2D eigenvalue weighted by Crippen LogP contribution is 2.17. The average molecular weight is 280 g/mol. The van der Waals surface area contributed by atoms with Crippen molar-refractivity contribution in [3.05, 3.63) is 0 Å². The van der Waals surface area contributed by atoms with Gasteiger partial charge in [-0.15, -0.1) is 0 Å². The van der Waals surface area contributed by atoms with E-state index in [0.29, 0.717) is 0 Å². The van der Waals surface area contributed by atoms with Gasteiger partial charge in [0.25, 0.3) is 0 Å². The van der Waals surface area contributed by atoms with E-state index in [4.69, 9.17) is 11.0 Å². The average Bonchev–Trinajstić information content (AvgIpc) is 2.48. The Morgan fingerprint density at radius 3 is 1.50 bits per heavy atom. The Kier molecular flexibility index (Phi) is 13.1. The van der Waals surface area contributed by atoms with Crippen molar-refractivity contribution in [1.82, 2.24) is 0 Å². The molecule has 0 aliphatic carbocycles. The standard InChI is InChI=1S/C18H36N2/c1-3-5-6-7-8-9-10-11-12-13-14-15-16-18(20,4-2)17-19/h3-16,20H2,1-2H3. The zero-order valence-corrected chi connectivity index (χ0v) is 13.9. The maximum atomic E-state index is 8.99. The fourth-order valence-corrected chi connectivity index (χ4v) is 2.59. The zero-order chi connectivity index (χ0) is 15.1. The van der Waals surface area contributed by atoms with E-state index < -0.39 is 5.54 Å². The van der Waals surface area contributed by atoms with Crippen LogP contribution in [0.15, 0.2) is 0 Å². The Balaban J connectivity index is 3.20. The van der Waals surface area contributed by atoms with Crippen LogP contribution in [0, 0.1) is 11.3 Å². The van der Waals surface area contributed by atoms with Crippen molar-refractivity contribution in [2.24, 2.45) is 5.73 Å². The number of nitrogens with two attached hydrogens (primary N) is 1. The molecule has 0 fully saturated rings. The zero-order valence-electron chi connectivity index (χ0n) is 13.9. The van der Waals surface area contributed by atoms with Crippen LogP contribution in [0.5, 0.6) is 0 Å². The number of nitriles is 1. The first-order valence-corrected chi connectivity index (χ1v) is 8.88. The Labute approximate surface area is 127 Å². The number of hydrogen-bond acceptors (Lipinski definition) is 2. The summed E-state index contributed by atoms with van der Waals surface area (Å²) in [6.07, 6.45) is 17.8. The molecule has 0 spiro atoms. The number of hydrogen-bond donors (Lipinski definition) is 1. The summed E-state index contributed by atoms with van der Waals surface area (Å²) in [5, 5.41) is 8.99. The van der Waals surface area contributed by atoms with Gasteiger partial charge in [0.2, 0.25) is 0 Å². The topological polar surface area (TPSA) is 49.8 Å². The van der Waals surface area contributed by atoms with Gasteiger partial charge in [0.05, 0.1) is 6.07 Å². The predicted molar refractivity (Wildman–Crippen MR) is 88.5 cm³/mol. The minimum atomic E-state index is -0.571. The Hall–Kier alpha value is -0.550. The monoisotopic (exact) mass is 280 g/mol. The highest BCUT2D eigenvalue weighted by molar-refractivity contribution is 5.03. The first-order chi connectivity index (χ1) is 9.68. The first-order valence-electron chi connectivity index (χ1n) is 8.88. The molecule has 1 unspecified atom stereocenters. The third-order valence-corrected chi connectivity index (χ3v) is 4.33. The minimum absolute atomic E-state index is 0.571. The summed E-state index contributed by atoms with van der Waals surface area (Å²) in [5.74, 6) is 0. The van der Waals surface area contributed by atoms with Gasteiger partial charge in [-0.2, -0.15) is 5.26 Å². The molecule has 0 bridgehead atoms. The van der Waals surface area contributed by atoms with E-state index in [9.17, 15) is 0 Å². The molecule has 0 rings (SSSR count). The van der Waals surface area contributed by atoms with Crippen LogP contribution in [0.3, 0.4) is 0 Å². The second-order valence-electron chi connectivity index (χ2n) is 6.26. The number of nitrogens with zero attached hydrogens (tertiary/aromatic N) is 1. The van der Waals surface area contributed by atoms with Gasteiger partial charge in [0, 0.05) is 0 Å². The Bertz CT molecular complexity index is 244. The number of unbranched alkanes of at least 4 members (excludes halogenated alkanes) is 11. The second kappa shape index (κ2) is 13.4. The summed E-state index contributed by atoms with van der Waals surface area (Å²) in [5.41, 5.74) is 5.39. The smallest absolute Gasteiger partial charge is 0.104 e. The van der Waals surface area contributed by atoms with E-state index in [1.807, 2.05) is 6.92 Å². The van der Waals surface area contributed by atoms with Crippen LogP contribution in [0.2, 0.25) is 0 Å². The van der Waals surface area contributed by atoms with Gasteiger partial charge in [-0.3, -0.25) is 0 Å². The van der Waals surface area contributed by atoms with Crippen LogP contribution >= 0.6 is 0 Å². The molecule has 0 aromatic heterocycles. The van der Waals surface area contributed by atoms with Crippen molar-refractivity contribution in [3.63, 3.8) is 0 Å². The lowest BCUT2D eigenvalue weighted by atomic mass is 9.92. The van der Waals surface area contributed by atoms with Crippen molar-refractivity contribution in [2.75, 3.05) is 0 Å². The van der Waals surface area contributed by atoms with Gasteiger partial charge in [-0.25, -0.2) is 0 Å². The third-order valence-electron chi connectivity index (χ3n) is 4.33. The molecule has 0 aromatic carbocycles. The van der Waals surface area contributed by atoms with E-state index in [1.54, 1.807) is 0 Å². The van der Waals surface area contributed by atoms with E-state index in [1.165, 1.54) is 70.6 Å². The molecule has 0 aromatic rings. The molecular weight excluding hydrogens is 244 g/mol. The van der Waals surface area contributed by atoms with Crippen LogP contribution in [0.1, 0.15) is 104 Å². The molecule has 1 atom stereocenters. The fraction of sp³-hybridized carbons (Fsp3) is 0.944. The van der Waals surface area contributed by atoms with Crippen molar-refractivity contribution in [2.45, 2.75) is 109 Å². The van der Waals surface area contributed by atoms with Gasteiger partial charge < -0.3 is 5.73 Å². The molecule has 0 heterocycles. The molecule has 0 aliphatic heterocycles. The summed E-state index contributed by atoms with van der Waals surface area (Å²) in [7, 11) is 0. The van der Waals surface area contributed by atoms with Gasteiger partial charge >= 0.3 is 0 Å². The van der Waals surface area contributed by atoms with Crippen molar-refractivity contribution >= 4 is 0 Å². The molecule has 20 heavy (non-hydrogen) atoms. The molecule has 0 saturated carbocycles. The van der Waals surface area contributed by atoms with Gasteiger partial charge in [0.1, 0.15) is 5.54 Å². The highest BCUT2D eigenvalue weighted by atomic mass is 14.7. The SMILES string of the molecule is CCCCCCCCCCCCCCC(N)(C#N)CC. The van der Waals surface area contributed by atoms with E-state index in [-0.39, 0.29) is 0 Å². The molecule has 0 radical (unpaired) electrons. The van der Waals surface area contributed by atoms with E-state index in [2.05, 4.69) is 13.0 Å². The Morgan fingerprint density at radius 2 is 1.15 bits per heavy atom. The fourth-order valence-electron chi connectivity index (χ4n) is 2.59. The lowest BCUT2D eigenvalue weighted by molar-refractivity contribution is 0.446. The molecule has 0 saturated heterocycles. The molecule has 0 aliphatic rings. The molecule has 2 nitrogen and oxygen atoms in total. The van der Waals surface area contributed by atoms with Crippen LogP contribution < -0.4 is 5.73 Å². The van der Waals surface area contributed by atoms with Gasteiger partial charge in [0.15, 0.2) is 0 Å². The first kappa shape index (κ1) is 19.4. The van der Waals surface area contributed by atoms with Crippen LogP contribution in [0.4, 0.5) is 0 Å². The van der Waals surface area contributed by atoms with Crippen molar-refractivity contribution < 1.29 is 0 Å². The van der Waals surface area contributed by atoms with Gasteiger partial charge in [-0.05, 0) is 12.8 Å². The van der Waals surface area contributed by atoms with E-state index >= 15 is 0 Å². The van der Waals surface area contributed by atoms with Crippen molar-refractivity contribution in [3.8, 4) is 6.07 Å². The predicted octanol–water partition coefficient (Wildman–Crippen LogP) is 5.71. The van der Waals surface area contributed by atoms with Gasteiger partial charge in [-0.1, -0.05) is 90.9 Å². The van der Waals surface area contributed by atoms with E-state index in [0.717, 1.165) is 19.3 Å². The number of rotatable bonds is 14. The summed E-state index contributed by atoms with van der Waals surface area (Å²) in [6.45, 7) is 4.27. The van der Waals surface area contributed by atoms with Crippen LogP contribution in [-0.2, 0) is 0 Å². The summed E-state index contributed by atoms with van der Waals surface area (Å²) in [4.78, 5) is 0. The van der Waals surface area contributed by atoms with Crippen molar-refractivity contribution in [1.29, 1.82) is 5.26 Å². The Morgan fingerprint density at radius 1 is 0.750 bits per heavy atom. The summed E-state index contributed by atoms with van der Waals surface area (Å²) >= 11 is 0. The lowest BCUT2D eigenvalue weighted by Crippen LogP contribution is -2.36. The summed E-state index contributed by atoms with van der Waals surface area (Å²) < 4.78 is 0. The quantitative estimate of drug-likeness (QED) is 0.414. The molecule has 0 amide bonds. The molecule has 2 N–H and O–H groups in total. The molecule has 118 valence electrons. The van der Waals surface area contributed by atoms with Crippen LogP contribution in [0.25, 0.3) is 0 Å². The minimum Gasteiger partial charge on any atom is -0.313 e. The third kappa shape index (κ3) is 11.3. The molecular formula is C18H36N2. The summed E-state index contributed by atoms with van der Waals surface area (Å²) in [6, 6.07) is 2.25. The largest absolute Gasteiger partial charge is 0.313 e. The maximum Gasteiger partial charge on any atom is 0.104 e. The second-order valence-corrected chi connectivity index (χ2v) is 6.26.